The summed E-state index contributed by atoms with van der Waals surface area (Å²) in [6.07, 6.45) is 15.5. The number of unbranched alkanes of at least 4 members (excludes halogenated alkanes) is 4. The van der Waals surface area contributed by atoms with Crippen molar-refractivity contribution in [2.45, 2.75) is 110 Å². The molecule has 2 heteroatoms. The van der Waals surface area contributed by atoms with Crippen LogP contribution in [0.3, 0.4) is 0 Å². The molecule has 3 rings (SSSR count). The summed E-state index contributed by atoms with van der Waals surface area (Å²) in [7, 11) is 0. The van der Waals surface area contributed by atoms with Gasteiger partial charge in [0, 0.05) is 6.07 Å². The lowest BCUT2D eigenvalue weighted by molar-refractivity contribution is 0.205. The van der Waals surface area contributed by atoms with Gasteiger partial charge in [-0.3, -0.25) is 0 Å². The molecule has 1 aliphatic carbocycles. The minimum Gasteiger partial charge on any atom is -0.491 e. The standard InChI is InChI=1S/C30H43FO/c1-4-6-8-9-10-23(3)32-30-21-28(20-29(31)22-30)27-18-16-26(17-19-27)25-14-12-24(13-15-25)11-7-5-2/h16-25H,4-15H2,1-3H3/t23-,24?,25?/m0/s1. The van der Waals surface area contributed by atoms with Crippen molar-refractivity contribution in [3.8, 4) is 16.9 Å². The molecule has 0 aliphatic heterocycles. The smallest absolute Gasteiger partial charge is 0.127 e. The van der Waals surface area contributed by atoms with Gasteiger partial charge in [-0.2, -0.15) is 0 Å². The van der Waals surface area contributed by atoms with Crippen LogP contribution in [0.25, 0.3) is 11.1 Å². The molecule has 0 N–H and O–H groups in total. The number of benzene rings is 2. The van der Waals surface area contributed by atoms with Gasteiger partial charge in [0.05, 0.1) is 6.10 Å². The predicted octanol–water partition coefficient (Wildman–Crippen LogP) is 9.69. The molecule has 1 fully saturated rings. The molecule has 0 spiro atoms. The summed E-state index contributed by atoms with van der Waals surface area (Å²) in [5.74, 6) is 2.02. The Morgan fingerprint density at radius 1 is 0.844 bits per heavy atom. The highest BCUT2D eigenvalue weighted by atomic mass is 19.1. The van der Waals surface area contributed by atoms with Crippen molar-refractivity contribution in [2.24, 2.45) is 5.92 Å². The normalized spacial score (nSPS) is 19.6. The van der Waals surface area contributed by atoms with Crippen LogP contribution in [0.2, 0.25) is 0 Å². The Morgan fingerprint density at radius 3 is 2.25 bits per heavy atom. The summed E-state index contributed by atoms with van der Waals surface area (Å²) in [5, 5.41) is 0. The summed E-state index contributed by atoms with van der Waals surface area (Å²) < 4.78 is 20.4. The summed E-state index contributed by atoms with van der Waals surface area (Å²) in [6.45, 7) is 6.60. The van der Waals surface area contributed by atoms with Gasteiger partial charge < -0.3 is 4.74 Å². The van der Waals surface area contributed by atoms with Crippen molar-refractivity contribution in [2.75, 3.05) is 0 Å². The van der Waals surface area contributed by atoms with E-state index in [1.165, 1.54) is 82.3 Å². The molecule has 176 valence electrons. The SMILES string of the molecule is CCCCCC[C@H](C)Oc1cc(F)cc(-c2ccc(C3CCC(CCCC)CC3)cc2)c1. The molecular weight excluding hydrogens is 395 g/mol. The van der Waals surface area contributed by atoms with Crippen molar-refractivity contribution in [1.82, 2.24) is 0 Å². The first-order chi connectivity index (χ1) is 15.6. The Balaban J connectivity index is 1.58. The van der Waals surface area contributed by atoms with Crippen LogP contribution in [0.4, 0.5) is 4.39 Å². The largest absolute Gasteiger partial charge is 0.491 e. The van der Waals surface area contributed by atoms with Gasteiger partial charge in [0.1, 0.15) is 11.6 Å². The van der Waals surface area contributed by atoms with Crippen LogP contribution in [0.5, 0.6) is 5.75 Å². The molecule has 0 bridgehead atoms. The molecule has 1 nitrogen and oxygen atoms in total. The van der Waals surface area contributed by atoms with Gasteiger partial charge in [0.15, 0.2) is 0 Å². The molecule has 32 heavy (non-hydrogen) atoms. The van der Waals surface area contributed by atoms with Gasteiger partial charge in [0.2, 0.25) is 0 Å². The topological polar surface area (TPSA) is 9.23 Å². The van der Waals surface area contributed by atoms with E-state index in [0.717, 1.165) is 23.5 Å². The monoisotopic (exact) mass is 438 g/mol. The average molecular weight is 439 g/mol. The lowest BCUT2D eigenvalue weighted by Crippen LogP contribution is -2.13. The van der Waals surface area contributed by atoms with Crippen LogP contribution in [0, 0.1) is 11.7 Å². The highest BCUT2D eigenvalue weighted by molar-refractivity contribution is 5.65. The molecule has 0 saturated heterocycles. The van der Waals surface area contributed by atoms with Gasteiger partial charge in [-0.25, -0.2) is 4.39 Å². The molecule has 1 atom stereocenters. The van der Waals surface area contributed by atoms with Crippen molar-refractivity contribution < 1.29 is 9.13 Å². The first-order valence-corrected chi connectivity index (χ1v) is 13.2. The van der Waals surface area contributed by atoms with Crippen molar-refractivity contribution in [3.63, 3.8) is 0 Å². The van der Waals surface area contributed by atoms with Crippen LogP contribution in [-0.4, -0.2) is 6.10 Å². The van der Waals surface area contributed by atoms with E-state index in [2.05, 4.69) is 45.0 Å². The fourth-order valence-corrected chi connectivity index (χ4v) is 5.17. The first kappa shape index (κ1) is 24.8. The Morgan fingerprint density at radius 2 is 1.56 bits per heavy atom. The number of halogens is 1. The van der Waals surface area contributed by atoms with Gasteiger partial charge in [0.25, 0.3) is 0 Å². The van der Waals surface area contributed by atoms with E-state index in [-0.39, 0.29) is 11.9 Å². The summed E-state index contributed by atoms with van der Waals surface area (Å²) in [5.41, 5.74) is 3.40. The highest BCUT2D eigenvalue weighted by Gasteiger charge is 2.22. The van der Waals surface area contributed by atoms with Gasteiger partial charge in [-0.15, -0.1) is 0 Å². The first-order valence-electron chi connectivity index (χ1n) is 13.2. The van der Waals surface area contributed by atoms with E-state index in [1.807, 2.05) is 6.07 Å². The third kappa shape index (κ3) is 7.64. The number of rotatable bonds is 12. The van der Waals surface area contributed by atoms with Gasteiger partial charge >= 0.3 is 0 Å². The predicted molar refractivity (Wildman–Crippen MR) is 135 cm³/mol. The summed E-state index contributed by atoms with van der Waals surface area (Å²) in [6, 6.07) is 13.9. The Labute approximate surface area is 195 Å². The lowest BCUT2D eigenvalue weighted by Gasteiger charge is -2.29. The van der Waals surface area contributed by atoms with Crippen LogP contribution in [0.15, 0.2) is 42.5 Å². The van der Waals surface area contributed by atoms with Crippen molar-refractivity contribution in [1.29, 1.82) is 0 Å². The van der Waals surface area contributed by atoms with Crippen molar-refractivity contribution in [3.05, 3.63) is 53.8 Å². The molecule has 0 radical (unpaired) electrons. The highest BCUT2D eigenvalue weighted by Crippen LogP contribution is 2.38. The lowest BCUT2D eigenvalue weighted by atomic mass is 9.77. The Kier molecular flexibility index (Phi) is 10.1. The fourth-order valence-electron chi connectivity index (χ4n) is 5.17. The van der Waals surface area contributed by atoms with E-state index < -0.39 is 0 Å². The van der Waals surface area contributed by atoms with E-state index in [4.69, 9.17) is 4.74 Å². The molecule has 0 aromatic heterocycles. The quantitative estimate of drug-likeness (QED) is 0.300. The molecule has 2 aromatic rings. The van der Waals surface area contributed by atoms with Gasteiger partial charge in [-0.05, 0) is 86.1 Å². The molecular formula is C30H43FO. The van der Waals surface area contributed by atoms with E-state index >= 15 is 0 Å². The molecule has 2 aromatic carbocycles. The maximum absolute atomic E-state index is 14.3. The molecule has 0 unspecified atom stereocenters. The van der Waals surface area contributed by atoms with E-state index in [0.29, 0.717) is 11.7 Å². The third-order valence-electron chi connectivity index (χ3n) is 7.20. The Bertz CT molecular complexity index is 789. The summed E-state index contributed by atoms with van der Waals surface area (Å²) in [4.78, 5) is 0. The maximum atomic E-state index is 14.3. The maximum Gasteiger partial charge on any atom is 0.127 e. The second-order valence-electron chi connectivity index (χ2n) is 9.94. The van der Waals surface area contributed by atoms with Crippen molar-refractivity contribution >= 4 is 0 Å². The molecule has 0 amide bonds. The van der Waals surface area contributed by atoms with Crippen LogP contribution in [-0.2, 0) is 0 Å². The molecule has 1 saturated carbocycles. The number of hydrogen-bond donors (Lipinski definition) is 0. The second kappa shape index (κ2) is 13.0. The minimum absolute atomic E-state index is 0.108. The number of ether oxygens (including phenoxy) is 1. The molecule has 1 aliphatic rings. The Hall–Kier alpha value is -1.83. The zero-order valence-corrected chi connectivity index (χ0v) is 20.5. The zero-order chi connectivity index (χ0) is 22.8. The zero-order valence-electron chi connectivity index (χ0n) is 20.5. The van der Waals surface area contributed by atoms with Crippen LogP contribution >= 0.6 is 0 Å². The molecule has 0 heterocycles. The minimum atomic E-state index is -0.231. The van der Waals surface area contributed by atoms with Gasteiger partial charge in [-0.1, -0.05) is 76.6 Å². The van der Waals surface area contributed by atoms with E-state index in [1.54, 1.807) is 6.07 Å². The second-order valence-corrected chi connectivity index (χ2v) is 9.94. The fraction of sp³-hybridized carbons (Fsp3) is 0.600. The van der Waals surface area contributed by atoms with Crippen LogP contribution < -0.4 is 4.74 Å². The van der Waals surface area contributed by atoms with Crippen LogP contribution in [0.1, 0.15) is 109 Å². The average Bonchev–Trinajstić information content (AvgIpc) is 2.80. The summed E-state index contributed by atoms with van der Waals surface area (Å²) >= 11 is 0. The third-order valence-corrected chi connectivity index (χ3v) is 7.20. The van der Waals surface area contributed by atoms with E-state index in [9.17, 15) is 4.39 Å². The number of hydrogen-bond acceptors (Lipinski definition) is 1.